The molecule has 1 aliphatic rings. The molecule has 1 aromatic carbocycles. The number of nitrogens with zero attached hydrogens (tertiary/aromatic N) is 1. The molecule has 1 atom stereocenters. The fourth-order valence-corrected chi connectivity index (χ4v) is 2.63. The Morgan fingerprint density at radius 3 is 2.89 bits per heavy atom. The van der Waals surface area contributed by atoms with Crippen LogP contribution in [0.4, 0.5) is 5.69 Å². The lowest BCUT2D eigenvalue weighted by atomic mass is 9.97. The number of halogens is 1. The lowest BCUT2D eigenvalue weighted by Gasteiger charge is -2.44. The predicted molar refractivity (Wildman–Crippen MR) is 74.6 cm³/mol. The number of aliphatic hydroxyl groups is 1. The Morgan fingerprint density at radius 1 is 1.56 bits per heavy atom. The quantitative estimate of drug-likeness (QED) is 0.870. The molecule has 18 heavy (non-hydrogen) atoms. The zero-order valence-electron chi connectivity index (χ0n) is 10.5. The van der Waals surface area contributed by atoms with Crippen molar-refractivity contribution in [2.24, 2.45) is 0 Å². The fraction of sp³-hybridized carbons (Fsp3) is 0.462. The van der Waals surface area contributed by atoms with E-state index in [9.17, 15) is 9.90 Å². The summed E-state index contributed by atoms with van der Waals surface area (Å²) in [6.45, 7) is 4.43. The maximum absolute atomic E-state index is 12.0. The predicted octanol–water partition coefficient (Wildman–Crippen LogP) is 1.52. The molecule has 0 spiro atoms. The van der Waals surface area contributed by atoms with Crippen LogP contribution in [0.5, 0.6) is 0 Å². The van der Waals surface area contributed by atoms with Gasteiger partial charge in [0.1, 0.15) is 6.04 Å². The third-order valence-electron chi connectivity index (χ3n) is 3.02. The van der Waals surface area contributed by atoms with Crippen molar-refractivity contribution >= 4 is 27.5 Å². The number of rotatable bonds is 2. The highest BCUT2D eigenvalue weighted by Gasteiger charge is 2.38. The molecular formula is C13H17BrN2O2. The Bertz CT molecular complexity index is 462. The van der Waals surface area contributed by atoms with Crippen molar-refractivity contribution in [3.8, 4) is 0 Å². The summed E-state index contributed by atoms with van der Waals surface area (Å²) in [6.07, 6.45) is 0. The second-order valence-electron chi connectivity index (χ2n) is 5.18. The second kappa shape index (κ2) is 4.90. The first kappa shape index (κ1) is 13.4. The molecule has 1 amide bonds. The van der Waals surface area contributed by atoms with E-state index in [4.69, 9.17) is 0 Å². The normalized spacial score (nSPS) is 22.8. The Hall–Kier alpha value is -1.07. The Kier molecular flexibility index (Phi) is 3.64. The average molecular weight is 313 g/mol. The Labute approximate surface area is 115 Å². The van der Waals surface area contributed by atoms with Gasteiger partial charge in [0.2, 0.25) is 5.91 Å². The van der Waals surface area contributed by atoms with Crippen molar-refractivity contribution in [1.82, 2.24) is 5.32 Å². The largest absolute Gasteiger partial charge is 0.394 e. The molecule has 1 saturated heterocycles. The van der Waals surface area contributed by atoms with Crippen LogP contribution in [0.2, 0.25) is 0 Å². The first-order valence-electron chi connectivity index (χ1n) is 5.88. The molecular weight excluding hydrogens is 296 g/mol. The van der Waals surface area contributed by atoms with Gasteiger partial charge in [0.05, 0.1) is 12.1 Å². The highest BCUT2D eigenvalue weighted by atomic mass is 79.9. The van der Waals surface area contributed by atoms with Crippen molar-refractivity contribution < 1.29 is 9.90 Å². The van der Waals surface area contributed by atoms with Crippen LogP contribution in [0, 0.1) is 0 Å². The minimum Gasteiger partial charge on any atom is -0.394 e. The summed E-state index contributed by atoms with van der Waals surface area (Å²) in [4.78, 5) is 13.9. The summed E-state index contributed by atoms with van der Waals surface area (Å²) in [6, 6.07) is 7.24. The van der Waals surface area contributed by atoms with Gasteiger partial charge in [-0.05, 0) is 32.0 Å². The highest BCUT2D eigenvalue weighted by Crippen LogP contribution is 2.26. The van der Waals surface area contributed by atoms with Crippen LogP contribution in [-0.2, 0) is 4.79 Å². The average Bonchev–Trinajstić information content (AvgIpc) is 2.27. The molecule has 0 bridgehead atoms. The molecule has 4 nitrogen and oxygen atoms in total. The minimum absolute atomic E-state index is 0.131. The number of benzene rings is 1. The summed E-state index contributed by atoms with van der Waals surface area (Å²) < 4.78 is 0.959. The molecule has 1 heterocycles. The van der Waals surface area contributed by atoms with E-state index >= 15 is 0 Å². The van der Waals surface area contributed by atoms with Crippen LogP contribution in [0.15, 0.2) is 28.7 Å². The van der Waals surface area contributed by atoms with Gasteiger partial charge in [-0.3, -0.25) is 4.79 Å². The molecule has 1 unspecified atom stereocenters. The van der Waals surface area contributed by atoms with Gasteiger partial charge < -0.3 is 15.3 Å². The Balaban J connectivity index is 2.36. The van der Waals surface area contributed by atoms with Crippen LogP contribution in [0.25, 0.3) is 0 Å². The van der Waals surface area contributed by atoms with Crippen molar-refractivity contribution in [3.05, 3.63) is 28.7 Å². The summed E-state index contributed by atoms with van der Waals surface area (Å²) in [5.74, 6) is -0.131. The third kappa shape index (κ3) is 2.67. The van der Waals surface area contributed by atoms with E-state index in [-0.39, 0.29) is 18.1 Å². The SMILES string of the molecule is CC1(C)CN(c2cccc(Br)c2)C(CO)C(=O)N1. The monoisotopic (exact) mass is 312 g/mol. The maximum Gasteiger partial charge on any atom is 0.245 e. The maximum atomic E-state index is 12.0. The van der Waals surface area contributed by atoms with Crippen LogP contribution >= 0.6 is 15.9 Å². The molecule has 98 valence electrons. The molecule has 1 fully saturated rings. The zero-order chi connectivity index (χ0) is 13.3. The van der Waals surface area contributed by atoms with Gasteiger partial charge in [0.15, 0.2) is 0 Å². The molecule has 1 aromatic rings. The molecule has 0 aromatic heterocycles. The molecule has 0 radical (unpaired) electrons. The number of amides is 1. The van der Waals surface area contributed by atoms with Gasteiger partial charge in [-0.15, -0.1) is 0 Å². The van der Waals surface area contributed by atoms with Crippen LogP contribution in [0.3, 0.4) is 0 Å². The number of nitrogens with one attached hydrogen (secondary N) is 1. The van der Waals surface area contributed by atoms with E-state index in [1.54, 1.807) is 0 Å². The number of anilines is 1. The first-order chi connectivity index (χ1) is 8.43. The first-order valence-corrected chi connectivity index (χ1v) is 6.67. The minimum atomic E-state index is -0.521. The number of hydrogen-bond donors (Lipinski definition) is 2. The molecule has 2 rings (SSSR count). The standard InChI is InChI=1S/C13H17BrN2O2/c1-13(2)8-16(11(7-17)12(18)15-13)10-5-3-4-9(14)6-10/h3-6,11,17H,7-8H2,1-2H3,(H,15,18). The zero-order valence-corrected chi connectivity index (χ0v) is 12.1. The number of hydrogen-bond acceptors (Lipinski definition) is 3. The molecule has 5 heteroatoms. The van der Waals surface area contributed by atoms with Crippen molar-refractivity contribution in [3.63, 3.8) is 0 Å². The summed E-state index contributed by atoms with van der Waals surface area (Å²) in [7, 11) is 0. The molecule has 0 saturated carbocycles. The van der Waals surface area contributed by atoms with E-state index in [0.29, 0.717) is 6.54 Å². The van der Waals surface area contributed by atoms with Gasteiger partial charge in [-0.1, -0.05) is 22.0 Å². The summed E-state index contributed by atoms with van der Waals surface area (Å²) >= 11 is 3.42. The second-order valence-corrected chi connectivity index (χ2v) is 6.09. The topological polar surface area (TPSA) is 52.6 Å². The highest BCUT2D eigenvalue weighted by molar-refractivity contribution is 9.10. The third-order valence-corrected chi connectivity index (χ3v) is 3.51. The molecule has 1 aliphatic heterocycles. The Morgan fingerprint density at radius 2 is 2.28 bits per heavy atom. The van der Waals surface area contributed by atoms with Crippen LogP contribution in [-0.4, -0.2) is 35.7 Å². The van der Waals surface area contributed by atoms with Gasteiger partial charge in [0, 0.05) is 16.7 Å². The number of carbonyl (C=O) groups excluding carboxylic acids is 1. The van der Waals surface area contributed by atoms with Crippen molar-refractivity contribution in [1.29, 1.82) is 0 Å². The number of carbonyl (C=O) groups is 1. The van der Waals surface area contributed by atoms with Crippen molar-refractivity contribution in [2.75, 3.05) is 18.1 Å². The van der Waals surface area contributed by atoms with Gasteiger partial charge >= 0.3 is 0 Å². The summed E-state index contributed by atoms with van der Waals surface area (Å²) in [5, 5.41) is 12.3. The number of piperazine rings is 1. The molecule has 2 N–H and O–H groups in total. The van der Waals surface area contributed by atoms with E-state index in [1.807, 2.05) is 43.0 Å². The van der Waals surface area contributed by atoms with Crippen LogP contribution in [0.1, 0.15) is 13.8 Å². The lowest BCUT2D eigenvalue weighted by molar-refractivity contribution is -0.126. The fourth-order valence-electron chi connectivity index (χ4n) is 2.24. The van der Waals surface area contributed by atoms with Crippen molar-refractivity contribution in [2.45, 2.75) is 25.4 Å². The van der Waals surface area contributed by atoms with E-state index < -0.39 is 6.04 Å². The van der Waals surface area contributed by atoms with Gasteiger partial charge in [-0.2, -0.15) is 0 Å². The molecule has 0 aliphatic carbocycles. The lowest BCUT2D eigenvalue weighted by Crippen LogP contribution is -2.66. The van der Waals surface area contributed by atoms with E-state index in [0.717, 1.165) is 10.2 Å². The van der Waals surface area contributed by atoms with Gasteiger partial charge in [0.25, 0.3) is 0 Å². The van der Waals surface area contributed by atoms with E-state index in [2.05, 4.69) is 21.2 Å². The summed E-state index contributed by atoms with van der Waals surface area (Å²) in [5.41, 5.74) is 0.636. The number of aliphatic hydroxyl groups excluding tert-OH is 1. The van der Waals surface area contributed by atoms with Crippen LogP contribution < -0.4 is 10.2 Å². The smallest absolute Gasteiger partial charge is 0.245 e. The van der Waals surface area contributed by atoms with E-state index in [1.165, 1.54) is 0 Å². The van der Waals surface area contributed by atoms with Gasteiger partial charge in [-0.25, -0.2) is 0 Å².